The monoisotopic (exact) mass is 509 g/mol. The third-order valence-corrected chi connectivity index (χ3v) is 6.25. The van der Waals surface area contributed by atoms with Crippen LogP contribution in [0.3, 0.4) is 0 Å². The summed E-state index contributed by atoms with van der Waals surface area (Å²) in [5.41, 5.74) is 1.67. The van der Waals surface area contributed by atoms with Crippen molar-refractivity contribution in [2.24, 2.45) is 0 Å². The van der Waals surface area contributed by atoms with E-state index in [1.54, 1.807) is 38.6 Å². The van der Waals surface area contributed by atoms with Crippen LogP contribution in [0.5, 0.6) is 0 Å². The van der Waals surface area contributed by atoms with Crippen LogP contribution in [-0.2, 0) is 4.79 Å². The van der Waals surface area contributed by atoms with Crippen LogP contribution in [0.4, 0.5) is 4.39 Å². The third kappa shape index (κ3) is 4.78. The zero-order chi connectivity index (χ0) is 25.2. The minimum absolute atomic E-state index is 0.0907. The van der Waals surface area contributed by atoms with E-state index in [1.807, 2.05) is 18.3 Å². The number of nitrogens with zero attached hydrogens (tertiary/aromatic N) is 6. The van der Waals surface area contributed by atoms with E-state index in [1.165, 1.54) is 17.0 Å². The average molecular weight is 510 g/mol. The van der Waals surface area contributed by atoms with Crippen LogP contribution in [-0.4, -0.2) is 79.4 Å². The van der Waals surface area contributed by atoms with Gasteiger partial charge in [0.25, 0.3) is 11.8 Å². The molecule has 1 fully saturated rings. The number of nitrogens with one attached hydrogen (secondary N) is 1. The summed E-state index contributed by atoms with van der Waals surface area (Å²) in [6.45, 7) is 0.928. The highest BCUT2D eigenvalue weighted by Crippen LogP contribution is 2.20. The van der Waals surface area contributed by atoms with Gasteiger partial charge in [-0.3, -0.25) is 14.4 Å². The number of piperazine rings is 1. The van der Waals surface area contributed by atoms with Gasteiger partial charge in [0.1, 0.15) is 17.2 Å². The standard InChI is InChI=1S/C24H21ClFN7O3/c25-19-4-2-16(26)12-18(19)24(36)31-10-8-30(9-11-31)22(34)13-27-23(35)20-15-32-14-17(3-5-21(32)29-20)33-7-1-6-28-33/h1-7,12,14-15H,8-11,13H2,(H,27,35). The molecule has 4 heterocycles. The summed E-state index contributed by atoms with van der Waals surface area (Å²) in [4.78, 5) is 45.3. The minimum atomic E-state index is -0.545. The van der Waals surface area contributed by atoms with E-state index in [0.29, 0.717) is 5.65 Å². The van der Waals surface area contributed by atoms with Gasteiger partial charge < -0.3 is 19.5 Å². The molecular weight excluding hydrogens is 489 g/mol. The smallest absolute Gasteiger partial charge is 0.271 e. The molecule has 4 aromatic rings. The molecular formula is C24H21ClFN7O3. The Labute approximate surface area is 209 Å². The molecule has 0 aliphatic carbocycles. The molecule has 0 radical (unpaired) electrons. The van der Waals surface area contributed by atoms with Gasteiger partial charge in [-0.25, -0.2) is 14.1 Å². The lowest BCUT2D eigenvalue weighted by molar-refractivity contribution is -0.131. The predicted octanol–water partition coefficient (Wildman–Crippen LogP) is 2.03. The molecule has 1 aliphatic heterocycles. The van der Waals surface area contributed by atoms with Gasteiger partial charge in [-0.15, -0.1) is 0 Å². The van der Waals surface area contributed by atoms with E-state index in [4.69, 9.17) is 11.6 Å². The number of fused-ring (bicyclic) bond motifs is 1. The van der Waals surface area contributed by atoms with Crippen molar-refractivity contribution in [2.75, 3.05) is 32.7 Å². The maximum Gasteiger partial charge on any atom is 0.271 e. The largest absolute Gasteiger partial charge is 0.342 e. The Hall–Kier alpha value is -4.25. The molecule has 0 atom stereocenters. The Bertz CT molecular complexity index is 1450. The summed E-state index contributed by atoms with van der Waals surface area (Å²) in [6.07, 6.45) is 6.87. The Balaban J connectivity index is 1.15. The molecule has 3 amide bonds. The van der Waals surface area contributed by atoms with Crippen LogP contribution in [0.25, 0.3) is 11.3 Å². The fourth-order valence-electron chi connectivity index (χ4n) is 4.00. The maximum atomic E-state index is 13.5. The van der Waals surface area contributed by atoms with Crippen molar-refractivity contribution in [1.29, 1.82) is 0 Å². The molecule has 1 N–H and O–H groups in total. The number of hydrogen-bond acceptors (Lipinski definition) is 5. The second kappa shape index (κ2) is 9.78. The molecule has 1 aromatic carbocycles. The molecule has 3 aromatic heterocycles. The predicted molar refractivity (Wildman–Crippen MR) is 129 cm³/mol. The van der Waals surface area contributed by atoms with E-state index < -0.39 is 11.7 Å². The molecule has 12 heteroatoms. The number of imidazole rings is 1. The average Bonchev–Trinajstić information content (AvgIpc) is 3.58. The quantitative estimate of drug-likeness (QED) is 0.443. The fourth-order valence-corrected chi connectivity index (χ4v) is 4.19. The summed E-state index contributed by atoms with van der Waals surface area (Å²) in [7, 11) is 0. The number of amides is 3. The summed E-state index contributed by atoms with van der Waals surface area (Å²) in [5.74, 6) is -1.68. The van der Waals surface area contributed by atoms with Crippen LogP contribution in [0.2, 0.25) is 5.02 Å². The van der Waals surface area contributed by atoms with Gasteiger partial charge in [-0.05, 0) is 36.4 Å². The van der Waals surface area contributed by atoms with Gasteiger partial charge in [-0.2, -0.15) is 5.10 Å². The van der Waals surface area contributed by atoms with Gasteiger partial charge in [0, 0.05) is 51.0 Å². The van der Waals surface area contributed by atoms with Crippen molar-refractivity contribution in [3.63, 3.8) is 0 Å². The van der Waals surface area contributed by atoms with Crippen LogP contribution < -0.4 is 5.32 Å². The van der Waals surface area contributed by atoms with Crippen LogP contribution in [0.1, 0.15) is 20.8 Å². The first kappa shape index (κ1) is 23.5. The lowest BCUT2D eigenvalue weighted by Crippen LogP contribution is -2.52. The highest BCUT2D eigenvalue weighted by Gasteiger charge is 2.26. The third-order valence-electron chi connectivity index (χ3n) is 5.92. The van der Waals surface area contributed by atoms with E-state index in [2.05, 4.69) is 15.4 Å². The zero-order valence-electron chi connectivity index (χ0n) is 19.0. The number of benzene rings is 1. The molecule has 184 valence electrons. The number of rotatable bonds is 5. The summed E-state index contributed by atoms with van der Waals surface area (Å²) < 4.78 is 16.9. The lowest BCUT2D eigenvalue weighted by Gasteiger charge is -2.35. The van der Waals surface area contributed by atoms with Gasteiger partial charge in [0.05, 0.1) is 22.8 Å². The number of halogens is 2. The number of hydrogen-bond donors (Lipinski definition) is 1. The van der Waals surface area contributed by atoms with E-state index in [0.717, 1.165) is 11.8 Å². The minimum Gasteiger partial charge on any atom is -0.342 e. The SMILES string of the molecule is O=C(NCC(=O)N1CCN(C(=O)c2cc(F)ccc2Cl)CC1)c1cn2cc(-n3cccn3)ccc2n1. The zero-order valence-corrected chi connectivity index (χ0v) is 19.7. The second-order valence-electron chi connectivity index (χ2n) is 8.21. The number of pyridine rings is 1. The van der Waals surface area contributed by atoms with Crippen LogP contribution >= 0.6 is 11.6 Å². The Morgan fingerprint density at radius 1 is 1.03 bits per heavy atom. The Kier molecular flexibility index (Phi) is 6.38. The summed E-state index contributed by atoms with van der Waals surface area (Å²) in [5, 5.41) is 6.97. The van der Waals surface area contributed by atoms with Crippen molar-refractivity contribution in [3.05, 3.63) is 83.3 Å². The van der Waals surface area contributed by atoms with Gasteiger partial charge in [-0.1, -0.05) is 11.6 Å². The van der Waals surface area contributed by atoms with E-state index in [-0.39, 0.29) is 60.8 Å². The van der Waals surface area contributed by atoms with Crippen LogP contribution in [0.15, 0.2) is 61.2 Å². The summed E-state index contributed by atoms with van der Waals surface area (Å²) >= 11 is 6.04. The number of carbonyl (C=O) groups is 3. The van der Waals surface area contributed by atoms with Crippen molar-refractivity contribution >= 4 is 35.0 Å². The number of carbonyl (C=O) groups excluding carboxylic acids is 3. The first-order chi connectivity index (χ1) is 17.4. The number of aromatic nitrogens is 4. The van der Waals surface area contributed by atoms with Crippen LogP contribution in [0, 0.1) is 5.82 Å². The molecule has 1 saturated heterocycles. The van der Waals surface area contributed by atoms with Gasteiger partial charge >= 0.3 is 0 Å². The van der Waals surface area contributed by atoms with E-state index >= 15 is 0 Å². The first-order valence-corrected chi connectivity index (χ1v) is 11.6. The first-order valence-electron chi connectivity index (χ1n) is 11.2. The highest BCUT2D eigenvalue weighted by molar-refractivity contribution is 6.33. The van der Waals surface area contributed by atoms with Crippen molar-refractivity contribution in [2.45, 2.75) is 0 Å². The highest BCUT2D eigenvalue weighted by atomic mass is 35.5. The summed E-state index contributed by atoms with van der Waals surface area (Å²) in [6, 6.07) is 9.06. The molecule has 0 unspecified atom stereocenters. The molecule has 10 nitrogen and oxygen atoms in total. The van der Waals surface area contributed by atoms with Gasteiger partial charge in [0.2, 0.25) is 5.91 Å². The molecule has 1 aliphatic rings. The topological polar surface area (TPSA) is 105 Å². The molecule has 0 bridgehead atoms. The molecule has 0 saturated carbocycles. The normalized spacial score (nSPS) is 13.7. The molecule has 0 spiro atoms. The molecule has 36 heavy (non-hydrogen) atoms. The maximum absolute atomic E-state index is 13.5. The van der Waals surface area contributed by atoms with Crippen molar-refractivity contribution < 1.29 is 18.8 Å². The Morgan fingerprint density at radius 3 is 2.56 bits per heavy atom. The fraction of sp³-hybridized carbons (Fsp3) is 0.208. The second-order valence-corrected chi connectivity index (χ2v) is 8.62. The van der Waals surface area contributed by atoms with Gasteiger partial charge in [0.15, 0.2) is 0 Å². The van der Waals surface area contributed by atoms with E-state index in [9.17, 15) is 18.8 Å². The van der Waals surface area contributed by atoms with Crippen molar-refractivity contribution in [3.8, 4) is 5.69 Å². The lowest BCUT2D eigenvalue weighted by atomic mass is 10.1. The van der Waals surface area contributed by atoms with Crippen molar-refractivity contribution in [1.82, 2.24) is 34.3 Å². The Morgan fingerprint density at radius 2 is 1.81 bits per heavy atom. The molecule has 5 rings (SSSR count).